The third kappa shape index (κ3) is 2.87. The number of aromatic amines is 1. The van der Waals surface area contributed by atoms with Gasteiger partial charge in [-0.15, -0.1) is 0 Å². The van der Waals surface area contributed by atoms with Gasteiger partial charge in [0.25, 0.3) is 5.56 Å². The molecule has 0 saturated heterocycles. The summed E-state index contributed by atoms with van der Waals surface area (Å²) in [6.45, 7) is 0.380. The van der Waals surface area contributed by atoms with Gasteiger partial charge >= 0.3 is 5.69 Å². The van der Waals surface area contributed by atoms with Crippen molar-refractivity contribution in [2.45, 2.75) is 6.54 Å². The predicted octanol–water partition coefficient (Wildman–Crippen LogP) is 2.00. The minimum Gasteiger partial charge on any atom is -0.295 e. The Bertz CT molecular complexity index is 646. The van der Waals surface area contributed by atoms with E-state index < -0.39 is 11.2 Å². The van der Waals surface area contributed by atoms with E-state index in [0.717, 1.165) is 5.56 Å². The summed E-state index contributed by atoms with van der Waals surface area (Å²) >= 11 is 8.85. The van der Waals surface area contributed by atoms with E-state index in [1.54, 1.807) is 12.1 Å². The third-order valence-corrected chi connectivity index (χ3v) is 3.05. The molecule has 4 nitrogen and oxygen atoms in total. The lowest BCUT2D eigenvalue weighted by atomic mass is 10.2. The molecule has 0 unspecified atom stereocenters. The van der Waals surface area contributed by atoms with Gasteiger partial charge in [0.05, 0.1) is 11.0 Å². The van der Waals surface area contributed by atoms with E-state index in [4.69, 9.17) is 11.6 Å². The topological polar surface area (TPSA) is 54.9 Å². The second kappa shape index (κ2) is 4.89. The Morgan fingerprint density at radius 3 is 2.53 bits per heavy atom. The van der Waals surface area contributed by atoms with E-state index in [2.05, 4.69) is 20.9 Å². The van der Waals surface area contributed by atoms with Crippen LogP contribution in [0.25, 0.3) is 0 Å². The molecular weight excluding hydrogens is 307 g/mol. The van der Waals surface area contributed by atoms with E-state index in [1.165, 1.54) is 10.8 Å². The molecular formula is C11H8BrClN2O2. The van der Waals surface area contributed by atoms with Crippen LogP contribution in [0.15, 0.2) is 44.5 Å². The summed E-state index contributed by atoms with van der Waals surface area (Å²) in [6.07, 6.45) is 1.47. The zero-order valence-corrected chi connectivity index (χ0v) is 11.0. The highest BCUT2D eigenvalue weighted by Crippen LogP contribution is 2.10. The van der Waals surface area contributed by atoms with Crippen LogP contribution in [-0.4, -0.2) is 9.55 Å². The van der Waals surface area contributed by atoms with Crippen LogP contribution in [0.1, 0.15) is 5.56 Å². The van der Waals surface area contributed by atoms with Crippen LogP contribution in [0.2, 0.25) is 5.02 Å². The first kappa shape index (κ1) is 12.1. The van der Waals surface area contributed by atoms with Crippen LogP contribution in [0.3, 0.4) is 0 Å². The Hall–Kier alpha value is -1.33. The molecule has 1 aromatic heterocycles. The van der Waals surface area contributed by atoms with Crippen LogP contribution >= 0.6 is 27.5 Å². The summed E-state index contributed by atoms with van der Waals surface area (Å²) in [6, 6.07) is 7.16. The Morgan fingerprint density at radius 1 is 1.24 bits per heavy atom. The third-order valence-electron chi connectivity index (χ3n) is 2.23. The summed E-state index contributed by atoms with van der Waals surface area (Å²) in [7, 11) is 0. The fourth-order valence-electron chi connectivity index (χ4n) is 1.39. The van der Waals surface area contributed by atoms with Gasteiger partial charge in [-0.3, -0.25) is 14.3 Å². The Morgan fingerprint density at radius 2 is 1.88 bits per heavy atom. The molecule has 0 aliphatic carbocycles. The first-order valence-corrected chi connectivity index (χ1v) is 5.97. The molecule has 0 aliphatic heterocycles. The fraction of sp³-hybridized carbons (Fsp3) is 0.0909. The van der Waals surface area contributed by atoms with Gasteiger partial charge in [-0.1, -0.05) is 23.7 Å². The van der Waals surface area contributed by atoms with Crippen molar-refractivity contribution in [3.8, 4) is 0 Å². The molecule has 6 heteroatoms. The summed E-state index contributed by atoms with van der Waals surface area (Å²) < 4.78 is 1.74. The second-order valence-electron chi connectivity index (χ2n) is 3.49. The molecule has 2 rings (SSSR count). The van der Waals surface area contributed by atoms with Crippen molar-refractivity contribution < 1.29 is 0 Å². The molecule has 0 aliphatic rings. The van der Waals surface area contributed by atoms with Crippen molar-refractivity contribution in [3.63, 3.8) is 0 Å². The van der Waals surface area contributed by atoms with Crippen LogP contribution in [0, 0.1) is 0 Å². The van der Waals surface area contributed by atoms with E-state index in [0.29, 0.717) is 16.0 Å². The van der Waals surface area contributed by atoms with Crippen molar-refractivity contribution in [3.05, 3.63) is 66.4 Å². The number of H-pyrrole nitrogens is 1. The first-order valence-electron chi connectivity index (χ1n) is 4.80. The molecule has 0 fully saturated rings. The number of halogens is 2. The van der Waals surface area contributed by atoms with Crippen molar-refractivity contribution in [1.82, 2.24) is 9.55 Å². The first-order chi connectivity index (χ1) is 8.06. The van der Waals surface area contributed by atoms with E-state index in [1.807, 2.05) is 12.1 Å². The molecule has 0 saturated carbocycles. The molecule has 1 N–H and O–H groups in total. The molecule has 1 heterocycles. The molecule has 0 radical (unpaired) electrons. The van der Waals surface area contributed by atoms with Gasteiger partial charge in [0.1, 0.15) is 0 Å². The van der Waals surface area contributed by atoms with E-state index in [9.17, 15) is 9.59 Å². The molecule has 88 valence electrons. The van der Waals surface area contributed by atoms with Crippen molar-refractivity contribution in [1.29, 1.82) is 0 Å². The maximum absolute atomic E-state index is 11.5. The molecule has 1 aromatic carbocycles. The Balaban J connectivity index is 2.36. The van der Waals surface area contributed by atoms with Gasteiger partial charge in [-0.05, 0) is 33.6 Å². The minimum absolute atomic E-state index is 0.325. The highest BCUT2D eigenvalue weighted by Gasteiger charge is 2.02. The summed E-state index contributed by atoms with van der Waals surface area (Å²) in [5, 5.41) is 0.642. The summed E-state index contributed by atoms with van der Waals surface area (Å²) in [5.41, 5.74) is 0.0611. The lowest BCUT2D eigenvalue weighted by Crippen LogP contribution is -2.30. The number of hydrogen-bond donors (Lipinski definition) is 1. The molecule has 17 heavy (non-hydrogen) atoms. The minimum atomic E-state index is -0.437. The smallest absolute Gasteiger partial charge is 0.295 e. The number of nitrogens with zero attached hydrogens (tertiary/aromatic N) is 1. The van der Waals surface area contributed by atoms with Crippen LogP contribution in [0.4, 0.5) is 0 Å². The van der Waals surface area contributed by atoms with Gasteiger partial charge < -0.3 is 0 Å². The lowest BCUT2D eigenvalue weighted by molar-refractivity contribution is 0.716. The van der Waals surface area contributed by atoms with Gasteiger partial charge in [-0.2, -0.15) is 0 Å². The number of aromatic nitrogens is 2. The van der Waals surface area contributed by atoms with Gasteiger partial charge in [0.2, 0.25) is 0 Å². The summed E-state index contributed by atoms with van der Waals surface area (Å²) in [5.74, 6) is 0. The van der Waals surface area contributed by atoms with E-state index >= 15 is 0 Å². The fourth-order valence-corrected chi connectivity index (χ4v) is 1.86. The monoisotopic (exact) mass is 314 g/mol. The van der Waals surface area contributed by atoms with Crippen molar-refractivity contribution >= 4 is 27.5 Å². The van der Waals surface area contributed by atoms with E-state index in [-0.39, 0.29) is 0 Å². The SMILES string of the molecule is O=c1[nH]c(=O)n(Cc2ccc(Cl)cc2)cc1Br. The molecule has 0 spiro atoms. The number of rotatable bonds is 2. The molecule has 0 atom stereocenters. The average molecular weight is 316 g/mol. The Labute approximate surface area is 110 Å². The highest BCUT2D eigenvalue weighted by molar-refractivity contribution is 9.10. The molecule has 0 bridgehead atoms. The Kier molecular flexibility index (Phi) is 3.49. The normalized spacial score (nSPS) is 10.5. The second-order valence-corrected chi connectivity index (χ2v) is 4.78. The van der Waals surface area contributed by atoms with Crippen LogP contribution < -0.4 is 11.2 Å². The molecule has 2 aromatic rings. The zero-order valence-electron chi connectivity index (χ0n) is 8.61. The van der Waals surface area contributed by atoms with Gasteiger partial charge in [-0.25, -0.2) is 4.79 Å². The maximum Gasteiger partial charge on any atom is 0.328 e. The van der Waals surface area contributed by atoms with Crippen molar-refractivity contribution in [2.24, 2.45) is 0 Å². The largest absolute Gasteiger partial charge is 0.328 e. The predicted molar refractivity (Wildman–Crippen MR) is 69.6 cm³/mol. The number of benzene rings is 1. The van der Waals surface area contributed by atoms with Crippen LogP contribution in [-0.2, 0) is 6.54 Å². The van der Waals surface area contributed by atoms with Crippen molar-refractivity contribution in [2.75, 3.05) is 0 Å². The lowest BCUT2D eigenvalue weighted by Gasteiger charge is -2.05. The quantitative estimate of drug-likeness (QED) is 0.921. The number of hydrogen-bond acceptors (Lipinski definition) is 2. The van der Waals surface area contributed by atoms with Gasteiger partial charge in [0, 0.05) is 11.2 Å². The zero-order chi connectivity index (χ0) is 12.4. The number of nitrogens with one attached hydrogen (secondary N) is 1. The highest BCUT2D eigenvalue weighted by atomic mass is 79.9. The average Bonchev–Trinajstić information content (AvgIpc) is 2.29. The molecule has 0 amide bonds. The summed E-state index contributed by atoms with van der Waals surface area (Å²) in [4.78, 5) is 24.9. The standard InChI is InChI=1S/C11H8BrClN2O2/c12-9-6-15(11(17)14-10(9)16)5-7-1-3-8(13)4-2-7/h1-4,6H,5H2,(H,14,16,17). The van der Waals surface area contributed by atoms with Gasteiger partial charge in [0.15, 0.2) is 0 Å². The maximum atomic E-state index is 11.5. The van der Waals surface area contributed by atoms with Crippen LogP contribution in [0.5, 0.6) is 0 Å².